The molecule has 0 aliphatic heterocycles. The highest BCUT2D eigenvalue weighted by Gasteiger charge is 2.06. The SMILES string of the molecule is O=C(Nc1ccc(-n2cncn2)nc1)c1ccsc1. The maximum Gasteiger partial charge on any atom is 0.256 e. The third kappa shape index (κ3) is 2.50. The second-order valence-corrected chi connectivity index (χ2v) is 4.49. The minimum absolute atomic E-state index is 0.142. The number of nitrogens with zero attached hydrogens (tertiary/aromatic N) is 4. The van der Waals surface area contributed by atoms with Crippen molar-refractivity contribution in [2.75, 3.05) is 5.32 Å². The minimum atomic E-state index is -0.142. The van der Waals surface area contributed by atoms with Crippen molar-refractivity contribution in [3.8, 4) is 5.82 Å². The van der Waals surface area contributed by atoms with Gasteiger partial charge in [0.1, 0.15) is 12.7 Å². The predicted octanol–water partition coefficient (Wildman–Crippen LogP) is 1.98. The number of anilines is 1. The number of pyridine rings is 1. The molecule has 0 spiro atoms. The Labute approximate surface area is 112 Å². The Bertz CT molecular complexity index is 661. The largest absolute Gasteiger partial charge is 0.321 e. The number of amides is 1. The normalized spacial score (nSPS) is 10.3. The van der Waals surface area contributed by atoms with Crippen LogP contribution in [0.25, 0.3) is 5.82 Å². The van der Waals surface area contributed by atoms with Crippen LogP contribution >= 0.6 is 11.3 Å². The third-order valence-electron chi connectivity index (χ3n) is 2.44. The molecule has 94 valence electrons. The van der Waals surface area contributed by atoms with Crippen molar-refractivity contribution in [1.29, 1.82) is 0 Å². The summed E-state index contributed by atoms with van der Waals surface area (Å²) in [6, 6.07) is 5.31. The molecule has 6 nitrogen and oxygen atoms in total. The quantitative estimate of drug-likeness (QED) is 0.790. The van der Waals surface area contributed by atoms with Crippen LogP contribution in [0.15, 0.2) is 47.8 Å². The number of hydrogen-bond acceptors (Lipinski definition) is 5. The first-order valence-corrected chi connectivity index (χ1v) is 6.42. The molecule has 0 radical (unpaired) electrons. The molecule has 3 heterocycles. The minimum Gasteiger partial charge on any atom is -0.321 e. The second kappa shape index (κ2) is 4.99. The first-order chi connectivity index (χ1) is 9.33. The molecule has 3 rings (SSSR count). The number of carbonyl (C=O) groups is 1. The average molecular weight is 271 g/mol. The molecule has 7 heteroatoms. The Balaban J connectivity index is 1.75. The van der Waals surface area contributed by atoms with Crippen molar-refractivity contribution in [3.63, 3.8) is 0 Å². The van der Waals surface area contributed by atoms with Gasteiger partial charge < -0.3 is 5.32 Å². The van der Waals surface area contributed by atoms with Crippen molar-refractivity contribution in [2.45, 2.75) is 0 Å². The van der Waals surface area contributed by atoms with Gasteiger partial charge in [0.25, 0.3) is 5.91 Å². The van der Waals surface area contributed by atoms with E-state index in [-0.39, 0.29) is 5.91 Å². The molecule has 0 bridgehead atoms. The third-order valence-corrected chi connectivity index (χ3v) is 3.13. The van der Waals surface area contributed by atoms with Crippen LogP contribution in [0.3, 0.4) is 0 Å². The van der Waals surface area contributed by atoms with E-state index in [0.717, 1.165) is 0 Å². The zero-order valence-electron chi connectivity index (χ0n) is 9.72. The number of thiophene rings is 1. The van der Waals surface area contributed by atoms with E-state index in [1.165, 1.54) is 17.7 Å². The van der Waals surface area contributed by atoms with E-state index in [0.29, 0.717) is 17.1 Å². The predicted molar refractivity (Wildman–Crippen MR) is 71.4 cm³/mol. The molecular weight excluding hydrogens is 262 g/mol. The second-order valence-electron chi connectivity index (χ2n) is 3.71. The zero-order valence-corrected chi connectivity index (χ0v) is 10.5. The van der Waals surface area contributed by atoms with Gasteiger partial charge in [-0.3, -0.25) is 4.79 Å². The van der Waals surface area contributed by atoms with Crippen molar-refractivity contribution in [1.82, 2.24) is 19.7 Å². The van der Waals surface area contributed by atoms with Crippen molar-refractivity contribution < 1.29 is 4.79 Å². The molecule has 0 saturated heterocycles. The molecule has 0 aliphatic rings. The lowest BCUT2D eigenvalue weighted by atomic mass is 10.3. The first kappa shape index (κ1) is 11.5. The Morgan fingerprint density at radius 2 is 2.26 bits per heavy atom. The summed E-state index contributed by atoms with van der Waals surface area (Å²) in [5, 5.41) is 10.4. The van der Waals surface area contributed by atoms with Crippen molar-refractivity contribution in [3.05, 3.63) is 53.4 Å². The van der Waals surface area contributed by atoms with Crippen molar-refractivity contribution >= 4 is 22.9 Å². The fourth-order valence-corrected chi connectivity index (χ4v) is 2.15. The Morgan fingerprint density at radius 1 is 1.32 bits per heavy atom. The maximum absolute atomic E-state index is 11.8. The summed E-state index contributed by atoms with van der Waals surface area (Å²) in [5.74, 6) is 0.502. The Hall–Kier alpha value is -2.54. The molecule has 0 unspecified atom stereocenters. The molecule has 0 saturated carbocycles. The summed E-state index contributed by atoms with van der Waals surface area (Å²) < 4.78 is 1.55. The van der Waals surface area contributed by atoms with Crippen LogP contribution in [-0.4, -0.2) is 25.7 Å². The summed E-state index contributed by atoms with van der Waals surface area (Å²) in [7, 11) is 0. The summed E-state index contributed by atoms with van der Waals surface area (Å²) in [4.78, 5) is 19.9. The maximum atomic E-state index is 11.8. The van der Waals surface area contributed by atoms with Gasteiger partial charge in [-0.1, -0.05) is 0 Å². The summed E-state index contributed by atoms with van der Waals surface area (Å²) in [6.07, 6.45) is 4.58. The lowest BCUT2D eigenvalue weighted by Gasteiger charge is -2.04. The fraction of sp³-hybridized carbons (Fsp3) is 0. The van der Waals surface area contributed by atoms with E-state index >= 15 is 0 Å². The zero-order chi connectivity index (χ0) is 13.1. The van der Waals surface area contributed by atoms with Gasteiger partial charge >= 0.3 is 0 Å². The monoisotopic (exact) mass is 271 g/mol. The molecule has 0 atom stereocenters. The van der Waals surface area contributed by atoms with E-state index in [9.17, 15) is 4.79 Å². The van der Waals surface area contributed by atoms with Crippen LogP contribution in [0.1, 0.15) is 10.4 Å². The fourth-order valence-electron chi connectivity index (χ4n) is 1.52. The standard InChI is InChI=1S/C12H9N5OS/c18-12(9-3-4-19-6-9)16-10-1-2-11(14-5-10)17-8-13-7-15-17/h1-8H,(H,16,18). The van der Waals surface area contributed by atoms with Gasteiger partial charge in [-0.2, -0.15) is 16.4 Å². The first-order valence-electron chi connectivity index (χ1n) is 5.47. The lowest BCUT2D eigenvalue weighted by molar-refractivity contribution is 0.102. The number of rotatable bonds is 3. The van der Waals surface area contributed by atoms with Crippen LogP contribution in [-0.2, 0) is 0 Å². The topological polar surface area (TPSA) is 72.7 Å². The summed E-state index contributed by atoms with van der Waals surface area (Å²) >= 11 is 1.48. The number of carbonyl (C=O) groups excluding carboxylic acids is 1. The van der Waals surface area contributed by atoms with Crippen LogP contribution in [0.4, 0.5) is 5.69 Å². The van der Waals surface area contributed by atoms with Gasteiger partial charge in [0, 0.05) is 5.38 Å². The van der Waals surface area contributed by atoms with Gasteiger partial charge in [0.2, 0.25) is 0 Å². The van der Waals surface area contributed by atoms with E-state index in [2.05, 4.69) is 20.4 Å². The van der Waals surface area contributed by atoms with Crippen LogP contribution < -0.4 is 5.32 Å². The van der Waals surface area contributed by atoms with Gasteiger partial charge in [-0.05, 0) is 23.6 Å². The van der Waals surface area contributed by atoms with E-state index in [1.54, 1.807) is 40.8 Å². The highest BCUT2D eigenvalue weighted by molar-refractivity contribution is 7.08. The summed E-state index contributed by atoms with van der Waals surface area (Å²) in [5.41, 5.74) is 1.28. The Morgan fingerprint density at radius 3 is 2.89 bits per heavy atom. The van der Waals surface area contributed by atoms with E-state index in [4.69, 9.17) is 0 Å². The Kier molecular flexibility index (Phi) is 3.03. The average Bonchev–Trinajstić information content (AvgIpc) is 3.13. The van der Waals surface area contributed by atoms with E-state index < -0.39 is 0 Å². The molecule has 1 amide bonds. The highest BCUT2D eigenvalue weighted by Crippen LogP contribution is 2.12. The molecule has 3 aromatic heterocycles. The molecule has 0 aromatic carbocycles. The molecule has 0 fully saturated rings. The molecule has 3 aromatic rings. The van der Waals surface area contributed by atoms with Crippen molar-refractivity contribution in [2.24, 2.45) is 0 Å². The van der Waals surface area contributed by atoms with Crippen LogP contribution in [0.2, 0.25) is 0 Å². The smallest absolute Gasteiger partial charge is 0.256 e. The number of aromatic nitrogens is 4. The van der Waals surface area contributed by atoms with Gasteiger partial charge in [0.15, 0.2) is 5.82 Å². The number of hydrogen-bond donors (Lipinski definition) is 1. The summed E-state index contributed by atoms with van der Waals surface area (Å²) in [6.45, 7) is 0. The lowest BCUT2D eigenvalue weighted by Crippen LogP contribution is -2.11. The highest BCUT2D eigenvalue weighted by atomic mass is 32.1. The van der Waals surface area contributed by atoms with Gasteiger partial charge in [-0.25, -0.2) is 14.6 Å². The van der Waals surface area contributed by atoms with Crippen LogP contribution in [0, 0.1) is 0 Å². The van der Waals surface area contributed by atoms with Crippen LogP contribution in [0.5, 0.6) is 0 Å². The van der Waals surface area contributed by atoms with Gasteiger partial charge in [-0.15, -0.1) is 0 Å². The van der Waals surface area contributed by atoms with Gasteiger partial charge in [0.05, 0.1) is 17.4 Å². The molecular formula is C12H9N5OS. The molecule has 1 N–H and O–H groups in total. The molecule has 0 aliphatic carbocycles. The van der Waals surface area contributed by atoms with E-state index in [1.807, 2.05) is 5.38 Å². The number of nitrogens with one attached hydrogen (secondary N) is 1. The molecule has 19 heavy (non-hydrogen) atoms.